The predicted octanol–water partition coefficient (Wildman–Crippen LogP) is 1.05. The summed E-state index contributed by atoms with van der Waals surface area (Å²) in [5.74, 6) is -0.100. The Bertz CT molecular complexity index is 208. The van der Waals surface area contributed by atoms with Gasteiger partial charge in [0.1, 0.15) is 6.04 Å². The highest BCUT2D eigenvalue weighted by Gasteiger charge is 2.31. The van der Waals surface area contributed by atoms with Gasteiger partial charge in [0.15, 0.2) is 0 Å². The van der Waals surface area contributed by atoms with Gasteiger partial charge in [0.2, 0.25) is 0 Å². The van der Waals surface area contributed by atoms with E-state index in [0.29, 0.717) is 6.61 Å². The molecule has 2 unspecified atom stereocenters. The van der Waals surface area contributed by atoms with Crippen LogP contribution < -0.4 is 0 Å². The summed E-state index contributed by atoms with van der Waals surface area (Å²) in [4.78, 5) is 13.8. The van der Waals surface area contributed by atoms with Crippen LogP contribution in [-0.4, -0.2) is 49.8 Å². The summed E-state index contributed by atoms with van der Waals surface area (Å²) in [5.41, 5.74) is 0. The van der Waals surface area contributed by atoms with E-state index in [9.17, 15) is 4.79 Å². The number of hydrogen-bond acceptors (Lipinski definition) is 4. The van der Waals surface area contributed by atoms with Gasteiger partial charge in [-0.15, -0.1) is 0 Å². The fourth-order valence-electron chi connectivity index (χ4n) is 2.04. The van der Waals surface area contributed by atoms with Crippen LogP contribution in [0.15, 0.2) is 0 Å². The summed E-state index contributed by atoms with van der Waals surface area (Å²) in [7, 11) is 1.72. The monoisotopic (exact) mass is 215 g/mol. The molecule has 1 rings (SSSR count). The normalized spacial score (nSPS) is 24.1. The third-order valence-corrected chi connectivity index (χ3v) is 2.90. The molecular weight excluding hydrogens is 194 g/mol. The molecule has 1 fully saturated rings. The first-order valence-corrected chi connectivity index (χ1v) is 5.66. The number of ether oxygens (including phenoxy) is 2. The Morgan fingerprint density at radius 2 is 2.27 bits per heavy atom. The van der Waals surface area contributed by atoms with Crippen molar-refractivity contribution in [2.75, 3.05) is 26.8 Å². The highest BCUT2D eigenvalue weighted by Crippen LogP contribution is 2.17. The van der Waals surface area contributed by atoms with Gasteiger partial charge in [0, 0.05) is 20.2 Å². The molecule has 0 saturated carbocycles. The molecule has 0 radical (unpaired) electrons. The van der Waals surface area contributed by atoms with Crippen molar-refractivity contribution in [3.05, 3.63) is 0 Å². The van der Waals surface area contributed by atoms with Crippen molar-refractivity contribution < 1.29 is 14.3 Å². The standard InChI is InChI=1S/C11H21NO3/c1-4-10(11(13)15-5-2)12-7-6-9(8-12)14-3/h9-10H,4-8H2,1-3H3. The lowest BCUT2D eigenvalue weighted by Gasteiger charge is -2.24. The molecule has 0 spiro atoms. The van der Waals surface area contributed by atoms with E-state index in [-0.39, 0.29) is 18.1 Å². The summed E-state index contributed by atoms with van der Waals surface area (Å²) in [5, 5.41) is 0. The number of methoxy groups -OCH3 is 1. The number of nitrogens with zero attached hydrogens (tertiary/aromatic N) is 1. The van der Waals surface area contributed by atoms with Crippen molar-refractivity contribution in [2.45, 2.75) is 38.8 Å². The maximum Gasteiger partial charge on any atom is 0.323 e. The van der Waals surface area contributed by atoms with E-state index in [0.717, 1.165) is 25.9 Å². The first-order chi connectivity index (χ1) is 7.22. The Morgan fingerprint density at radius 1 is 1.53 bits per heavy atom. The molecule has 1 heterocycles. The fraction of sp³-hybridized carbons (Fsp3) is 0.909. The van der Waals surface area contributed by atoms with Crippen LogP contribution in [0, 0.1) is 0 Å². The Kier molecular flexibility index (Phi) is 5.05. The third-order valence-electron chi connectivity index (χ3n) is 2.90. The lowest BCUT2D eigenvalue weighted by atomic mass is 10.2. The van der Waals surface area contributed by atoms with E-state index in [1.54, 1.807) is 7.11 Å². The van der Waals surface area contributed by atoms with Crippen LogP contribution in [0.4, 0.5) is 0 Å². The van der Waals surface area contributed by atoms with Crippen LogP contribution in [0.3, 0.4) is 0 Å². The molecule has 1 aliphatic heterocycles. The molecule has 1 saturated heterocycles. The topological polar surface area (TPSA) is 38.8 Å². The first kappa shape index (κ1) is 12.5. The van der Waals surface area contributed by atoms with Gasteiger partial charge in [-0.3, -0.25) is 9.69 Å². The molecule has 0 aromatic rings. The average Bonchev–Trinajstić information content (AvgIpc) is 2.68. The van der Waals surface area contributed by atoms with Gasteiger partial charge in [0.05, 0.1) is 12.7 Å². The van der Waals surface area contributed by atoms with Crippen molar-refractivity contribution >= 4 is 5.97 Å². The summed E-state index contributed by atoms with van der Waals surface area (Å²) < 4.78 is 10.3. The van der Waals surface area contributed by atoms with Crippen molar-refractivity contribution in [1.82, 2.24) is 4.90 Å². The SMILES string of the molecule is CCOC(=O)C(CC)N1CCC(OC)C1. The summed E-state index contributed by atoms with van der Waals surface area (Å²) in [6.45, 7) is 6.08. The largest absolute Gasteiger partial charge is 0.465 e. The maximum absolute atomic E-state index is 11.7. The van der Waals surface area contributed by atoms with Crippen LogP contribution in [0.5, 0.6) is 0 Å². The van der Waals surface area contributed by atoms with E-state index in [1.807, 2.05) is 13.8 Å². The number of rotatable bonds is 5. The van der Waals surface area contributed by atoms with Crippen molar-refractivity contribution in [1.29, 1.82) is 0 Å². The molecule has 0 aromatic carbocycles. The van der Waals surface area contributed by atoms with E-state index < -0.39 is 0 Å². The zero-order valence-electron chi connectivity index (χ0n) is 9.86. The van der Waals surface area contributed by atoms with Gasteiger partial charge in [0.25, 0.3) is 0 Å². The highest BCUT2D eigenvalue weighted by atomic mass is 16.5. The molecule has 1 aliphatic rings. The van der Waals surface area contributed by atoms with Crippen LogP contribution >= 0.6 is 0 Å². The Balaban J connectivity index is 2.48. The van der Waals surface area contributed by atoms with Crippen LogP contribution in [-0.2, 0) is 14.3 Å². The fourth-order valence-corrected chi connectivity index (χ4v) is 2.04. The van der Waals surface area contributed by atoms with Gasteiger partial charge in [-0.05, 0) is 19.8 Å². The number of esters is 1. The molecule has 0 amide bonds. The molecule has 4 heteroatoms. The first-order valence-electron chi connectivity index (χ1n) is 5.66. The minimum absolute atomic E-state index is 0.0925. The van der Waals surface area contributed by atoms with E-state index in [2.05, 4.69) is 4.90 Å². The van der Waals surface area contributed by atoms with Crippen LogP contribution in [0.2, 0.25) is 0 Å². The van der Waals surface area contributed by atoms with E-state index in [4.69, 9.17) is 9.47 Å². The number of carbonyl (C=O) groups excluding carboxylic acids is 1. The minimum Gasteiger partial charge on any atom is -0.465 e. The van der Waals surface area contributed by atoms with Crippen molar-refractivity contribution in [2.24, 2.45) is 0 Å². The Labute approximate surface area is 91.5 Å². The summed E-state index contributed by atoms with van der Waals surface area (Å²) in [6.07, 6.45) is 2.08. The molecule has 2 atom stereocenters. The zero-order chi connectivity index (χ0) is 11.3. The molecule has 0 N–H and O–H groups in total. The van der Waals surface area contributed by atoms with Gasteiger partial charge in [-0.2, -0.15) is 0 Å². The van der Waals surface area contributed by atoms with Crippen molar-refractivity contribution in [3.8, 4) is 0 Å². The Morgan fingerprint density at radius 3 is 2.73 bits per heavy atom. The second-order valence-corrected chi connectivity index (χ2v) is 3.82. The zero-order valence-corrected chi connectivity index (χ0v) is 9.86. The van der Waals surface area contributed by atoms with Gasteiger partial charge < -0.3 is 9.47 Å². The summed E-state index contributed by atoms with van der Waals surface area (Å²) >= 11 is 0. The van der Waals surface area contributed by atoms with E-state index >= 15 is 0 Å². The molecule has 88 valence electrons. The lowest BCUT2D eigenvalue weighted by molar-refractivity contribution is -0.149. The van der Waals surface area contributed by atoms with Crippen LogP contribution in [0.25, 0.3) is 0 Å². The average molecular weight is 215 g/mol. The lowest BCUT2D eigenvalue weighted by Crippen LogP contribution is -2.41. The molecule has 4 nitrogen and oxygen atoms in total. The van der Waals surface area contributed by atoms with Gasteiger partial charge in [-0.1, -0.05) is 6.92 Å². The smallest absolute Gasteiger partial charge is 0.323 e. The van der Waals surface area contributed by atoms with E-state index in [1.165, 1.54) is 0 Å². The second kappa shape index (κ2) is 6.08. The van der Waals surface area contributed by atoms with Gasteiger partial charge >= 0.3 is 5.97 Å². The number of likely N-dealkylation sites (tertiary alicyclic amines) is 1. The Hall–Kier alpha value is -0.610. The molecule has 15 heavy (non-hydrogen) atoms. The van der Waals surface area contributed by atoms with Crippen LogP contribution in [0.1, 0.15) is 26.7 Å². The van der Waals surface area contributed by atoms with Gasteiger partial charge in [-0.25, -0.2) is 0 Å². The quantitative estimate of drug-likeness (QED) is 0.643. The predicted molar refractivity (Wildman–Crippen MR) is 57.7 cm³/mol. The third kappa shape index (κ3) is 3.18. The molecule has 0 bridgehead atoms. The number of hydrogen-bond donors (Lipinski definition) is 0. The highest BCUT2D eigenvalue weighted by molar-refractivity contribution is 5.75. The maximum atomic E-state index is 11.7. The second-order valence-electron chi connectivity index (χ2n) is 3.82. The molecule has 0 aliphatic carbocycles. The van der Waals surface area contributed by atoms with Crippen molar-refractivity contribution in [3.63, 3.8) is 0 Å². The number of carbonyl (C=O) groups is 1. The molecule has 0 aromatic heterocycles. The molecular formula is C11H21NO3. The minimum atomic E-state index is -0.100. The summed E-state index contributed by atoms with van der Waals surface area (Å²) in [6, 6.07) is -0.0925.